The van der Waals surface area contributed by atoms with Gasteiger partial charge in [-0.2, -0.15) is 0 Å². The van der Waals surface area contributed by atoms with E-state index < -0.39 is 12.0 Å². The number of carbonyl (C=O) groups is 3. The maximum absolute atomic E-state index is 12.4. The number of carbonyl (C=O) groups excluding carboxylic acids is 3. The Bertz CT molecular complexity index is 953. The van der Waals surface area contributed by atoms with Gasteiger partial charge in [-0.25, -0.2) is 0 Å². The zero-order valence-electron chi connectivity index (χ0n) is 16.7. The largest absolute Gasteiger partial charge is 0.461 e. The molecule has 31 heavy (non-hydrogen) atoms. The Labute approximate surface area is 190 Å². The van der Waals surface area contributed by atoms with E-state index in [0.717, 1.165) is 11.1 Å². The van der Waals surface area contributed by atoms with Gasteiger partial charge in [0.1, 0.15) is 12.6 Å². The topological polar surface area (TPSA) is 87.7 Å². The molecular weight excluding hydrogens is 438 g/mol. The Kier molecular flexibility index (Phi) is 7.97. The number of hydrogen-bond donors (Lipinski definition) is 2. The number of benzene rings is 2. The Balaban J connectivity index is 1.56. The van der Waals surface area contributed by atoms with Crippen LogP contribution in [0, 0.1) is 0 Å². The number of piperazine rings is 1. The minimum Gasteiger partial charge on any atom is -0.461 e. The molecule has 7 nitrogen and oxygen atoms in total. The molecule has 9 heteroatoms. The summed E-state index contributed by atoms with van der Waals surface area (Å²) in [5.41, 5.74) is 1.63. The van der Waals surface area contributed by atoms with Crippen LogP contribution in [0.4, 0.5) is 0 Å². The summed E-state index contributed by atoms with van der Waals surface area (Å²) in [4.78, 5) is 38.6. The van der Waals surface area contributed by atoms with Crippen molar-refractivity contribution in [2.45, 2.75) is 25.5 Å². The molecule has 1 aliphatic rings. The standard InChI is InChI=1S/C22H22ClN3O4S/c23-17-8-6-15(7-9-17)12-19(27)25-22(31)26-11-10-24-21(29)18(26)13-20(28)30-14-16-4-2-1-3-5-16/h1-9,18H,10-14H2,(H,24,29)(H,25,27,31). The molecular formula is C22H22ClN3O4S. The number of esters is 1. The molecule has 2 N–H and O–H groups in total. The first kappa shape index (κ1) is 22.7. The third-order valence-electron chi connectivity index (χ3n) is 4.72. The van der Waals surface area contributed by atoms with Crippen LogP contribution in [0.2, 0.25) is 5.02 Å². The summed E-state index contributed by atoms with van der Waals surface area (Å²) in [5, 5.41) is 6.06. The normalized spacial score (nSPS) is 15.7. The SMILES string of the molecule is O=C(Cc1ccc(Cl)cc1)NC(=S)N1CCNC(=O)C1CC(=O)OCc1ccccc1. The Hall–Kier alpha value is -2.97. The van der Waals surface area contributed by atoms with Crippen LogP contribution >= 0.6 is 23.8 Å². The first-order valence-electron chi connectivity index (χ1n) is 9.74. The molecule has 1 fully saturated rings. The van der Waals surface area contributed by atoms with Gasteiger partial charge in [-0.3, -0.25) is 14.4 Å². The number of nitrogens with one attached hydrogen (secondary N) is 2. The van der Waals surface area contributed by atoms with Crippen molar-refractivity contribution in [2.24, 2.45) is 0 Å². The molecule has 2 aromatic rings. The number of ether oxygens (including phenoxy) is 1. The summed E-state index contributed by atoms with van der Waals surface area (Å²) >= 11 is 11.2. The highest BCUT2D eigenvalue weighted by Crippen LogP contribution is 2.13. The summed E-state index contributed by atoms with van der Waals surface area (Å²) in [5.74, 6) is -1.17. The summed E-state index contributed by atoms with van der Waals surface area (Å²) in [6, 6.07) is 15.3. The van der Waals surface area contributed by atoms with Crippen molar-refractivity contribution < 1.29 is 19.1 Å². The van der Waals surface area contributed by atoms with E-state index >= 15 is 0 Å². The zero-order chi connectivity index (χ0) is 22.2. The van der Waals surface area contributed by atoms with Crippen molar-refractivity contribution in [3.63, 3.8) is 0 Å². The Morgan fingerprint density at radius 3 is 2.55 bits per heavy atom. The van der Waals surface area contributed by atoms with Crippen LogP contribution in [0.15, 0.2) is 54.6 Å². The molecule has 162 valence electrons. The predicted molar refractivity (Wildman–Crippen MR) is 120 cm³/mol. The molecule has 0 aliphatic carbocycles. The molecule has 1 unspecified atom stereocenters. The van der Waals surface area contributed by atoms with Gasteiger partial charge in [0.2, 0.25) is 11.8 Å². The second kappa shape index (κ2) is 10.9. The smallest absolute Gasteiger partial charge is 0.308 e. The van der Waals surface area contributed by atoms with Gasteiger partial charge in [-0.1, -0.05) is 54.1 Å². The maximum atomic E-state index is 12.4. The van der Waals surface area contributed by atoms with Gasteiger partial charge in [0.15, 0.2) is 5.11 Å². The minimum atomic E-state index is -0.847. The molecule has 1 saturated heterocycles. The molecule has 1 heterocycles. The number of hydrogen-bond acceptors (Lipinski definition) is 5. The van der Waals surface area contributed by atoms with E-state index in [1.54, 1.807) is 29.2 Å². The fraction of sp³-hybridized carbons (Fsp3) is 0.273. The lowest BCUT2D eigenvalue weighted by atomic mass is 10.1. The maximum Gasteiger partial charge on any atom is 0.308 e. The number of nitrogens with zero attached hydrogens (tertiary/aromatic N) is 1. The van der Waals surface area contributed by atoms with Crippen LogP contribution < -0.4 is 10.6 Å². The lowest BCUT2D eigenvalue weighted by molar-refractivity contribution is -0.148. The average Bonchev–Trinajstić information content (AvgIpc) is 2.76. The molecule has 0 spiro atoms. The van der Waals surface area contributed by atoms with E-state index in [0.29, 0.717) is 18.1 Å². The van der Waals surface area contributed by atoms with E-state index in [4.69, 9.17) is 28.6 Å². The molecule has 0 bridgehead atoms. The van der Waals surface area contributed by atoms with Crippen molar-refractivity contribution in [2.75, 3.05) is 13.1 Å². The second-order valence-electron chi connectivity index (χ2n) is 7.01. The first-order chi connectivity index (χ1) is 14.9. The molecule has 1 aliphatic heterocycles. The van der Waals surface area contributed by atoms with Crippen LogP contribution in [-0.2, 0) is 32.1 Å². The van der Waals surface area contributed by atoms with E-state index in [9.17, 15) is 14.4 Å². The fourth-order valence-corrected chi connectivity index (χ4v) is 3.60. The van der Waals surface area contributed by atoms with Crippen LogP contribution in [0.1, 0.15) is 17.5 Å². The van der Waals surface area contributed by atoms with Gasteiger partial charge < -0.3 is 20.3 Å². The molecule has 0 radical (unpaired) electrons. The number of halogens is 1. The van der Waals surface area contributed by atoms with Crippen LogP contribution in [-0.4, -0.2) is 46.9 Å². The minimum absolute atomic E-state index is 0.106. The summed E-state index contributed by atoms with van der Waals surface area (Å²) in [6.45, 7) is 0.861. The first-order valence-corrected chi connectivity index (χ1v) is 10.5. The van der Waals surface area contributed by atoms with Crippen molar-refractivity contribution in [3.8, 4) is 0 Å². The second-order valence-corrected chi connectivity index (χ2v) is 7.83. The van der Waals surface area contributed by atoms with Gasteiger partial charge in [0.25, 0.3) is 0 Å². The molecule has 0 aromatic heterocycles. The van der Waals surface area contributed by atoms with Crippen molar-refractivity contribution in [1.29, 1.82) is 0 Å². The third-order valence-corrected chi connectivity index (χ3v) is 5.31. The third kappa shape index (κ3) is 6.77. The number of amides is 2. The summed E-state index contributed by atoms with van der Waals surface area (Å²) < 4.78 is 5.29. The number of thiocarbonyl (C=S) groups is 1. The highest BCUT2D eigenvalue weighted by molar-refractivity contribution is 7.80. The Morgan fingerprint density at radius 1 is 1.13 bits per heavy atom. The van der Waals surface area contributed by atoms with E-state index in [1.165, 1.54) is 0 Å². The molecule has 2 amide bonds. The molecule has 0 saturated carbocycles. The van der Waals surface area contributed by atoms with Gasteiger partial charge >= 0.3 is 5.97 Å². The van der Waals surface area contributed by atoms with E-state index in [-0.39, 0.29) is 36.4 Å². The molecule has 2 aromatic carbocycles. The lowest BCUT2D eigenvalue weighted by Gasteiger charge is -2.36. The highest BCUT2D eigenvalue weighted by atomic mass is 35.5. The van der Waals surface area contributed by atoms with Gasteiger partial charge in [0.05, 0.1) is 12.8 Å². The lowest BCUT2D eigenvalue weighted by Crippen LogP contribution is -2.60. The fourth-order valence-electron chi connectivity index (χ4n) is 3.14. The van der Waals surface area contributed by atoms with Crippen molar-refractivity contribution >= 4 is 46.7 Å². The van der Waals surface area contributed by atoms with Crippen LogP contribution in [0.5, 0.6) is 0 Å². The van der Waals surface area contributed by atoms with Gasteiger partial charge in [-0.05, 0) is 35.5 Å². The van der Waals surface area contributed by atoms with E-state index in [2.05, 4.69) is 10.6 Å². The zero-order valence-corrected chi connectivity index (χ0v) is 18.2. The molecule has 3 rings (SSSR count). The van der Waals surface area contributed by atoms with Crippen molar-refractivity contribution in [3.05, 3.63) is 70.7 Å². The highest BCUT2D eigenvalue weighted by Gasteiger charge is 2.34. The van der Waals surface area contributed by atoms with Crippen LogP contribution in [0.3, 0.4) is 0 Å². The monoisotopic (exact) mass is 459 g/mol. The predicted octanol–water partition coefficient (Wildman–Crippen LogP) is 2.22. The summed E-state index contributed by atoms with van der Waals surface area (Å²) in [7, 11) is 0. The summed E-state index contributed by atoms with van der Waals surface area (Å²) in [6.07, 6.45) is -0.0625. The Morgan fingerprint density at radius 2 is 1.84 bits per heavy atom. The van der Waals surface area contributed by atoms with E-state index in [1.807, 2.05) is 30.3 Å². The molecule has 1 atom stereocenters. The quantitative estimate of drug-likeness (QED) is 0.508. The number of rotatable bonds is 6. The van der Waals surface area contributed by atoms with Gasteiger partial charge in [-0.15, -0.1) is 0 Å². The van der Waals surface area contributed by atoms with Crippen LogP contribution in [0.25, 0.3) is 0 Å². The van der Waals surface area contributed by atoms with Crippen molar-refractivity contribution in [1.82, 2.24) is 15.5 Å². The van der Waals surface area contributed by atoms with Gasteiger partial charge in [0, 0.05) is 18.1 Å². The average molecular weight is 460 g/mol.